The highest BCUT2D eigenvalue weighted by Gasteiger charge is 2.55. The molecule has 0 aliphatic heterocycles. The van der Waals surface area contributed by atoms with Gasteiger partial charge in [-0.25, -0.2) is 4.39 Å². The summed E-state index contributed by atoms with van der Waals surface area (Å²) in [5.41, 5.74) is -3.98. The average molecular weight is 356 g/mol. The molecule has 2 rings (SSSR count). The van der Waals surface area contributed by atoms with Crippen LogP contribution in [-0.4, -0.2) is 22.0 Å². The quantitative estimate of drug-likeness (QED) is 0.760. The Hall–Kier alpha value is -2.08. The molecule has 136 valence electrons. The highest BCUT2D eigenvalue weighted by molar-refractivity contribution is 5.38. The first-order valence-corrected chi connectivity index (χ1v) is 7.77. The minimum atomic E-state index is -4.89. The molecule has 0 aromatic heterocycles. The number of aromatic hydroxyl groups is 1. The second kappa shape index (κ2) is 6.67. The smallest absolute Gasteiger partial charge is 0.417 e. The first kappa shape index (κ1) is 19.2. The molecule has 0 amide bonds. The lowest BCUT2D eigenvalue weighted by atomic mass is 9.72. The highest BCUT2D eigenvalue weighted by Crippen LogP contribution is 2.44. The molecule has 0 radical (unpaired) electrons. The van der Waals surface area contributed by atoms with Crippen LogP contribution in [0.15, 0.2) is 48.5 Å². The fourth-order valence-corrected chi connectivity index (χ4v) is 3.07. The lowest BCUT2D eigenvalue weighted by Crippen LogP contribution is -2.50. The van der Waals surface area contributed by atoms with Crippen LogP contribution in [0.1, 0.15) is 31.4 Å². The van der Waals surface area contributed by atoms with E-state index >= 15 is 0 Å². The normalized spacial score (nSPS) is 15.0. The van der Waals surface area contributed by atoms with E-state index in [1.807, 2.05) is 0 Å². The molecule has 0 saturated heterocycles. The van der Waals surface area contributed by atoms with Crippen LogP contribution < -0.4 is 0 Å². The van der Waals surface area contributed by atoms with Gasteiger partial charge in [0.15, 0.2) is 5.60 Å². The Kier molecular flexibility index (Phi) is 5.14. The molecular weight excluding hydrogens is 336 g/mol. The Bertz CT molecular complexity index is 726. The van der Waals surface area contributed by atoms with E-state index in [1.165, 1.54) is 26.0 Å². The number of aliphatic hydroxyl groups is 1. The first-order valence-electron chi connectivity index (χ1n) is 7.77. The Morgan fingerprint density at radius 3 is 2.12 bits per heavy atom. The standard InChI is InChI=1S/C19H20F4O2/c1-17(2,15-10-14(20)8-9-16(15)24)12-18(25,19(21,22)23)11-13-6-4-3-5-7-13/h3-10,24-25H,11-12H2,1-2H3. The van der Waals surface area contributed by atoms with Crippen LogP contribution in [0, 0.1) is 5.82 Å². The van der Waals surface area contributed by atoms with Gasteiger partial charge in [0, 0.05) is 12.0 Å². The summed E-state index contributed by atoms with van der Waals surface area (Å²) < 4.78 is 54.4. The Labute approximate surface area is 143 Å². The zero-order chi connectivity index (χ0) is 18.9. The third kappa shape index (κ3) is 4.31. The van der Waals surface area contributed by atoms with Crippen LogP contribution in [0.4, 0.5) is 17.6 Å². The maximum absolute atomic E-state index is 13.6. The van der Waals surface area contributed by atoms with Gasteiger partial charge < -0.3 is 10.2 Å². The third-order valence-corrected chi connectivity index (χ3v) is 4.29. The lowest BCUT2D eigenvalue weighted by molar-refractivity contribution is -0.266. The van der Waals surface area contributed by atoms with Gasteiger partial charge >= 0.3 is 6.18 Å². The maximum atomic E-state index is 13.6. The van der Waals surface area contributed by atoms with E-state index in [1.54, 1.807) is 18.2 Å². The zero-order valence-electron chi connectivity index (χ0n) is 13.9. The van der Waals surface area contributed by atoms with Crippen LogP contribution in [0.5, 0.6) is 5.75 Å². The van der Waals surface area contributed by atoms with Crippen molar-refractivity contribution in [3.63, 3.8) is 0 Å². The van der Waals surface area contributed by atoms with E-state index in [0.717, 1.165) is 18.2 Å². The highest BCUT2D eigenvalue weighted by atomic mass is 19.4. The van der Waals surface area contributed by atoms with Crippen molar-refractivity contribution in [1.29, 1.82) is 0 Å². The van der Waals surface area contributed by atoms with Crippen molar-refractivity contribution in [2.24, 2.45) is 0 Å². The van der Waals surface area contributed by atoms with Gasteiger partial charge in [-0.1, -0.05) is 44.2 Å². The number of benzene rings is 2. The average Bonchev–Trinajstić information content (AvgIpc) is 2.49. The van der Waals surface area contributed by atoms with Crippen molar-refractivity contribution in [2.75, 3.05) is 0 Å². The largest absolute Gasteiger partial charge is 0.508 e. The first-order chi connectivity index (χ1) is 11.4. The zero-order valence-corrected chi connectivity index (χ0v) is 13.9. The predicted molar refractivity (Wildman–Crippen MR) is 86.9 cm³/mol. The summed E-state index contributed by atoms with van der Waals surface area (Å²) in [6, 6.07) is 11.0. The SMILES string of the molecule is CC(C)(CC(O)(Cc1ccccc1)C(F)(F)F)c1cc(F)ccc1O. The van der Waals surface area contributed by atoms with Gasteiger partial charge in [-0.15, -0.1) is 0 Å². The molecule has 0 fully saturated rings. The molecule has 0 aliphatic carbocycles. The predicted octanol–water partition coefficient (Wildman–Crippen LogP) is 4.74. The number of phenols is 1. The molecule has 1 unspecified atom stereocenters. The molecule has 6 heteroatoms. The van der Waals surface area contributed by atoms with Gasteiger partial charge in [-0.3, -0.25) is 0 Å². The van der Waals surface area contributed by atoms with Crippen molar-refractivity contribution in [2.45, 2.75) is 43.9 Å². The number of halogens is 4. The Balaban J connectivity index is 2.40. The molecule has 2 aromatic rings. The van der Waals surface area contributed by atoms with Crippen molar-refractivity contribution in [3.8, 4) is 5.75 Å². The third-order valence-electron chi connectivity index (χ3n) is 4.29. The van der Waals surface area contributed by atoms with Crippen LogP contribution >= 0.6 is 0 Å². The molecule has 0 saturated carbocycles. The molecule has 0 aliphatic rings. The number of alkyl halides is 3. The van der Waals surface area contributed by atoms with Crippen LogP contribution in [0.2, 0.25) is 0 Å². The van der Waals surface area contributed by atoms with Gasteiger partial charge in [0.1, 0.15) is 11.6 Å². The number of hydrogen-bond donors (Lipinski definition) is 2. The van der Waals surface area contributed by atoms with Crippen molar-refractivity contribution < 1.29 is 27.8 Å². The van der Waals surface area contributed by atoms with Crippen molar-refractivity contribution in [1.82, 2.24) is 0 Å². The van der Waals surface area contributed by atoms with Crippen molar-refractivity contribution >= 4 is 0 Å². The lowest BCUT2D eigenvalue weighted by Gasteiger charge is -2.38. The van der Waals surface area contributed by atoms with E-state index in [-0.39, 0.29) is 11.3 Å². The summed E-state index contributed by atoms with van der Waals surface area (Å²) in [7, 11) is 0. The van der Waals surface area contributed by atoms with Crippen LogP contribution in [0.25, 0.3) is 0 Å². The summed E-state index contributed by atoms with van der Waals surface area (Å²) in [5.74, 6) is -0.977. The maximum Gasteiger partial charge on any atom is 0.417 e. The van der Waals surface area contributed by atoms with E-state index in [2.05, 4.69) is 0 Å². The Morgan fingerprint density at radius 1 is 0.960 bits per heavy atom. The monoisotopic (exact) mass is 356 g/mol. The van der Waals surface area contributed by atoms with Gasteiger partial charge in [0.25, 0.3) is 0 Å². The van der Waals surface area contributed by atoms with Gasteiger partial charge in [-0.2, -0.15) is 13.2 Å². The van der Waals surface area contributed by atoms with E-state index < -0.39 is 35.9 Å². The molecule has 0 spiro atoms. The van der Waals surface area contributed by atoms with Gasteiger partial charge in [0.05, 0.1) is 0 Å². The molecule has 0 bridgehead atoms. The van der Waals surface area contributed by atoms with E-state index in [4.69, 9.17) is 0 Å². The van der Waals surface area contributed by atoms with Crippen LogP contribution in [-0.2, 0) is 11.8 Å². The molecule has 2 nitrogen and oxygen atoms in total. The number of rotatable bonds is 5. The minimum Gasteiger partial charge on any atom is -0.508 e. The molecule has 2 aromatic carbocycles. The summed E-state index contributed by atoms with van der Waals surface area (Å²) in [6.07, 6.45) is -6.24. The van der Waals surface area contributed by atoms with Crippen LogP contribution in [0.3, 0.4) is 0 Å². The summed E-state index contributed by atoms with van der Waals surface area (Å²) in [4.78, 5) is 0. The topological polar surface area (TPSA) is 40.5 Å². The fraction of sp³-hybridized carbons (Fsp3) is 0.368. The second-order valence-corrected chi connectivity index (χ2v) is 6.91. The van der Waals surface area contributed by atoms with E-state index in [9.17, 15) is 27.8 Å². The summed E-state index contributed by atoms with van der Waals surface area (Å²) in [5, 5.41) is 20.4. The van der Waals surface area contributed by atoms with Gasteiger partial charge in [0.2, 0.25) is 0 Å². The molecule has 2 N–H and O–H groups in total. The molecular formula is C19H20F4O2. The molecule has 25 heavy (non-hydrogen) atoms. The molecule has 0 heterocycles. The summed E-state index contributed by atoms with van der Waals surface area (Å²) in [6.45, 7) is 2.87. The van der Waals surface area contributed by atoms with E-state index in [0.29, 0.717) is 5.56 Å². The fourth-order valence-electron chi connectivity index (χ4n) is 3.07. The minimum absolute atomic E-state index is 0.0169. The number of hydrogen-bond acceptors (Lipinski definition) is 2. The van der Waals surface area contributed by atoms with Crippen molar-refractivity contribution in [3.05, 3.63) is 65.5 Å². The summed E-state index contributed by atoms with van der Waals surface area (Å²) >= 11 is 0. The number of phenolic OH excluding ortho intramolecular Hbond substituents is 1. The second-order valence-electron chi connectivity index (χ2n) is 6.91. The molecule has 1 atom stereocenters. The Morgan fingerprint density at radius 2 is 1.56 bits per heavy atom. The van der Waals surface area contributed by atoms with Gasteiger partial charge in [-0.05, 0) is 35.6 Å².